The van der Waals surface area contributed by atoms with Crippen LogP contribution in [0.2, 0.25) is 0 Å². The van der Waals surface area contributed by atoms with Gasteiger partial charge in [0.15, 0.2) is 0 Å². The average Bonchev–Trinajstić information content (AvgIpc) is 2.72. The highest BCUT2D eigenvalue weighted by atomic mass is 35.5. The maximum atomic E-state index is 12.6. The molecule has 1 saturated heterocycles. The van der Waals surface area contributed by atoms with Crippen LogP contribution in [0, 0.1) is 5.41 Å². The number of rotatable bonds is 7. The van der Waals surface area contributed by atoms with Crippen LogP contribution in [0.15, 0.2) is 48.7 Å². The van der Waals surface area contributed by atoms with Crippen LogP contribution in [0.3, 0.4) is 0 Å². The van der Waals surface area contributed by atoms with Crippen LogP contribution in [0.4, 0.5) is 0 Å². The first-order valence-corrected chi connectivity index (χ1v) is 8.90. The molecule has 3 rings (SSSR count). The van der Waals surface area contributed by atoms with Crippen LogP contribution in [-0.4, -0.2) is 30.6 Å². The van der Waals surface area contributed by atoms with Gasteiger partial charge in [-0.3, -0.25) is 9.78 Å². The molecule has 0 unspecified atom stereocenters. The molecule has 1 aliphatic rings. The molecular weight excluding hydrogens is 401 g/mol. The maximum Gasteiger partial charge on any atom is 0.227 e. The quantitative estimate of drug-likeness (QED) is 0.709. The number of nitrogens with zero attached hydrogens (tertiary/aromatic N) is 1. The summed E-state index contributed by atoms with van der Waals surface area (Å²) < 4.78 is 11.1. The second-order valence-electron chi connectivity index (χ2n) is 6.53. The lowest BCUT2D eigenvalue weighted by atomic mass is 9.79. The SMILES string of the molecule is Cl.Cl.NCC1(C(=O)NCc2ccc(OCc3ccccn3)cc2)CCOCC1. The Kier molecular flexibility index (Phi) is 10.2. The van der Waals surface area contributed by atoms with Crippen molar-refractivity contribution in [3.63, 3.8) is 0 Å². The van der Waals surface area contributed by atoms with E-state index in [1.165, 1.54) is 0 Å². The summed E-state index contributed by atoms with van der Waals surface area (Å²) in [6, 6.07) is 13.4. The minimum absolute atomic E-state index is 0. The Morgan fingerprint density at radius 3 is 2.46 bits per heavy atom. The predicted molar refractivity (Wildman–Crippen MR) is 113 cm³/mol. The lowest BCUT2D eigenvalue weighted by Crippen LogP contribution is -2.48. The van der Waals surface area contributed by atoms with Gasteiger partial charge in [0, 0.05) is 32.5 Å². The first kappa shape index (κ1) is 24.2. The highest BCUT2D eigenvalue weighted by Gasteiger charge is 2.38. The number of nitrogens with two attached hydrogens (primary N) is 1. The van der Waals surface area contributed by atoms with E-state index in [-0.39, 0.29) is 30.7 Å². The molecule has 1 aromatic carbocycles. The standard InChI is InChI=1S/C20H25N3O3.2ClH/c21-15-20(8-11-25-12-9-20)19(24)23-13-16-4-6-18(7-5-16)26-14-17-3-1-2-10-22-17;;/h1-7,10H,8-9,11-15,21H2,(H,23,24);2*1H. The second kappa shape index (κ2) is 11.9. The number of hydrogen-bond acceptors (Lipinski definition) is 5. The largest absolute Gasteiger partial charge is 0.487 e. The highest BCUT2D eigenvalue weighted by molar-refractivity contribution is 5.85. The molecule has 3 N–H and O–H groups in total. The fraction of sp³-hybridized carbons (Fsp3) is 0.400. The van der Waals surface area contributed by atoms with E-state index in [9.17, 15) is 4.79 Å². The topological polar surface area (TPSA) is 86.5 Å². The Balaban J connectivity index is 0.00000196. The van der Waals surface area contributed by atoms with Crippen LogP contribution in [-0.2, 0) is 22.7 Å². The normalized spacial score (nSPS) is 14.9. The summed E-state index contributed by atoms with van der Waals surface area (Å²) in [7, 11) is 0. The minimum Gasteiger partial charge on any atom is -0.487 e. The number of halogens is 2. The van der Waals surface area contributed by atoms with Crippen molar-refractivity contribution in [2.24, 2.45) is 11.1 Å². The molecule has 2 heterocycles. The fourth-order valence-electron chi connectivity index (χ4n) is 3.00. The van der Waals surface area contributed by atoms with Gasteiger partial charge in [-0.25, -0.2) is 0 Å². The van der Waals surface area contributed by atoms with Gasteiger partial charge in [-0.05, 0) is 42.7 Å². The fourth-order valence-corrected chi connectivity index (χ4v) is 3.00. The van der Waals surface area contributed by atoms with Crippen LogP contribution in [0.25, 0.3) is 0 Å². The van der Waals surface area contributed by atoms with Gasteiger partial charge >= 0.3 is 0 Å². The Bertz CT molecular complexity index is 708. The first-order valence-electron chi connectivity index (χ1n) is 8.90. The number of pyridine rings is 1. The molecule has 1 aliphatic heterocycles. The molecule has 0 bridgehead atoms. The van der Waals surface area contributed by atoms with Crippen molar-refractivity contribution < 1.29 is 14.3 Å². The molecule has 0 radical (unpaired) electrons. The Morgan fingerprint density at radius 2 is 1.86 bits per heavy atom. The van der Waals surface area contributed by atoms with Crippen molar-refractivity contribution in [2.75, 3.05) is 19.8 Å². The van der Waals surface area contributed by atoms with Crippen LogP contribution in [0.1, 0.15) is 24.1 Å². The Morgan fingerprint density at radius 1 is 1.14 bits per heavy atom. The number of ether oxygens (including phenoxy) is 2. The minimum atomic E-state index is -0.496. The zero-order valence-corrected chi connectivity index (χ0v) is 17.3. The van der Waals surface area contributed by atoms with E-state index in [0.717, 1.165) is 17.0 Å². The molecular formula is C20H27Cl2N3O3. The number of hydrogen-bond donors (Lipinski definition) is 2. The third kappa shape index (κ3) is 6.34. The summed E-state index contributed by atoms with van der Waals surface area (Å²) in [5.74, 6) is 0.785. The molecule has 2 aromatic rings. The van der Waals surface area contributed by atoms with Crippen molar-refractivity contribution in [1.82, 2.24) is 10.3 Å². The van der Waals surface area contributed by atoms with E-state index >= 15 is 0 Å². The van der Waals surface area contributed by atoms with E-state index in [4.69, 9.17) is 15.2 Å². The van der Waals surface area contributed by atoms with E-state index in [0.29, 0.717) is 45.8 Å². The van der Waals surface area contributed by atoms with Gasteiger partial charge in [0.1, 0.15) is 12.4 Å². The van der Waals surface area contributed by atoms with Gasteiger partial charge in [0.2, 0.25) is 5.91 Å². The van der Waals surface area contributed by atoms with Gasteiger partial charge in [-0.2, -0.15) is 0 Å². The zero-order chi connectivity index (χ0) is 18.2. The van der Waals surface area contributed by atoms with Gasteiger partial charge in [-0.15, -0.1) is 24.8 Å². The molecule has 8 heteroatoms. The van der Waals surface area contributed by atoms with E-state index in [1.807, 2.05) is 42.5 Å². The summed E-state index contributed by atoms with van der Waals surface area (Å²) in [5, 5.41) is 3.01. The first-order chi connectivity index (χ1) is 12.7. The van der Waals surface area contributed by atoms with Crippen molar-refractivity contribution in [3.05, 3.63) is 59.9 Å². The molecule has 0 atom stereocenters. The number of carbonyl (C=O) groups is 1. The molecule has 1 fully saturated rings. The highest BCUT2D eigenvalue weighted by Crippen LogP contribution is 2.29. The summed E-state index contributed by atoms with van der Waals surface area (Å²) in [6.45, 7) is 2.43. The lowest BCUT2D eigenvalue weighted by Gasteiger charge is -2.34. The summed E-state index contributed by atoms with van der Waals surface area (Å²) in [4.78, 5) is 16.8. The van der Waals surface area contributed by atoms with E-state index in [1.54, 1.807) is 6.20 Å². The van der Waals surface area contributed by atoms with Crippen molar-refractivity contribution in [1.29, 1.82) is 0 Å². The van der Waals surface area contributed by atoms with Crippen LogP contribution < -0.4 is 15.8 Å². The van der Waals surface area contributed by atoms with Gasteiger partial charge in [0.25, 0.3) is 0 Å². The summed E-state index contributed by atoms with van der Waals surface area (Å²) in [6.07, 6.45) is 3.10. The second-order valence-corrected chi connectivity index (χ2v) is 6.53. The maximum absolute atomic E-state index is 12.6. The number of carbonyl (C=O) groups excluding carboxylic acids is 1. The molecule has 0 spiro atoms. The smallest absolute Gasteiger partial charge is 0.227 e. The van der Waals surface area contributed by atoms with Gasteiger partial charge < -0.3 is 20.5 Å². The predicted octanol–water partition coefficient (Wildman–Crippen LogP) is 2.88. The third-order valence-electron chi connectivity index (χ3n) is 4.81. The summed E-state index contributed by atoms with van der Waals surface area (Å²) in [5.41, 5.74) is 7.27. The molecule has 6 nitrogen and oxygen atoms in total. The molecule has 1 amide bonds. The van der Waals surface area contributed by atoms with Gasteiger partial charge in [0.05, 0.1) is 11.1 Å². The van der Waals surface area contributed by atoms with E-state index < -0.39 is 5.41 Å². The van der Waals surface area contributed by atoms with Crippen LogP contribution >= 0.6 is 24.8 Å². The molecule has 28 heavy (non-hydrogen) atoms. The molecule has 1 aromatic heterocycles. The summed E-state index contributed by atoms with van der Waals surface area (Å²) >= 11 is 0. The molecule has 0 saturated carbocycles. The number of aromatic nitrogens is 1. The van der Waals surface area contributed by atoms with E-state index in [2.05, 4.69) is 10.3 Å². The Labute approximate surface area is 178 Å². The Hall–Kier alpha value is -1.86. The molecule has 0 aliphatic carbocycles. The third-order valence-corrected chi connectivity index (χ3v) is 4.81. The number of amides is 1. The van der Waals surface area contributed by atoms with Crippen molar-refractivity contribution in [3.8, 4) is 5.75 Å². The van der Waals surface area contributed by atoms with Crippen LogP contribution in [0.5, 0.6) is 5.75 Å². The average molecular weight is 428 g/mol. The zero-order valence-electron chi connectivity index (χ0n) is 15.6. The molecule has 154 valence electrons. The van der Waals surface area contributed by atoms with Crippen molar-refractivity contribution >= 4 is 30.7 Å². The lowest BCUT2D eigenvalue weighted by molar-refractivity contribution is -0.136. The van der Waals surface area contributed by atoms with Crippen molar-refractivity contribution in [2.45, 2.75) is 26.0 Å². The monoisotopic (exact) mass is 427 g/mol. The number of nitrogens with one attached hydrogen (secondary N) is 1. The number of benzene rings is 1. The van der Waals surface area contributed by atoms with Gasteiger partial charge in [-0.1, -0.05) is 18.2 Å².